The van der Waals surface area contributed by atoms with E-state index in [0.29, 0.717) is 5.56 Å². The molecule has 2 aromatic heterocycles. The quantitative estimate of drug-likeness (QED) is 0.661. The van der Waals surface area contributed by atoms with Gasteiger partial charge in [-0.2, -0.15) is 5.26 Å². The Hall–Kier alpha value is -2.60. The lowest BCUT2D eigenvalue weighted by molar-refractivity contribution is 0.969. The van der Waals surface area contributed by atoms with E-state index in [1.54, 1.807) is 0 Å². The summed E-state index contributed by atoms with van der Waals surface area (Å²) in [7, 11) is 1.99. The highest BCUT2D eigenvalue weighted by Crippen LogP contribution is 2.29. The molecule has 0 fully saturated rings. The molecule has 2 heterocycles. The molecule has 0 amide bonds. The molecule has 3 aromatic rings. The molecule has 0 radical (unpaired) electrons. The third-order valence-corrected chi connectivity index (χ3v) is 3.28. The Morgan fingerprint density at radius 3 is 2.79 bits per heavy atom. The minimum atomic E-state index is 0.678. The topological polar surface area (TPSA) is 41.6 Å². The van der Waals surface area contributed by atoms with Gasteiger partial charge in [0.25, 0.3) is 0 Å². The number of hydrogen-bond donors (Lipinski definition) is 0. The molecule has 19 heavy (non-hydrogen) atoms. The minimum Gasteiger partial charge on any atom is -0.350 e. The Morgan fingerprint density at radius 1 is 1.21 bits per heavy atom. The number of pyridine rings is 1. The molecule has 3 nitrogen and oxygen atoms in total. The zero-order valence-corrected chi connectivity index (χ0v) is 10.9. The summed E-state index contributed by atoms with van der Waals surface area (Å²) < 4.78 is 2.04. The zero-order chi connectivity index (χ0) is 13.4. The highest BCUT2D eigenvalue weighted by molar-refractivity contribution is 5.95. The van der Waals surface area contributed by atoms with Gasteiger partial charge in [0.15, 0.2) is 0 Å². The van der Waals surface area contributed by atoms with Crippen LogP contribution >= 0.6 is 0 Å². The molecule has 3 rings (SSSR count). The van der Waals surface area contributed by atoms with Crippen molar-refractivity contribution in [2.75, 3.05) is 0 Å². The molecule has 1 aromatic carbocycles. The van der Waals surface area contributed by atoms with Crippen LogP contribution in [0.25, 0.3) is 22.2 Å². The van der Waals surface area contributed by atoms with Gasteiger partial charge in [-0.25, -0.2) is 0 Å². The first-order chi connectivity index (χ1) is 9.19. The molecule has 92 valence electrons. The van der Waals surface area contributed by atoms with E-state index in [-0.39, 0.29) is 0 Å². The minimum absolute atomic E-state index is 0.678. The average molecular weight is 247 g/mol. The molecule has 0 bridgehead atoms. The molecule has 0 aliphatic rings. The van der Waals surface area contributed by atoms with Crippen LogP contribution in [-0.2, 0) is 7.05 Å². The van der Waals surface area contributed by atoms with Crippen molar-refractivity contribution in [1.29, 1.82) is 5.26 Å². The normalized spacial score (nSPS) is 10.6. The number of hydrogen-bond acceptors (Lipinski definition) is 2. The lowest BCUT2D eigenvalue weighted by Gasteiger charge is -2.00. The Balaban J connectivity index is 2.29. The number of aromatic nitrogens is 2. The summed E-state index contributed by atoms with van der Waals surface area (Å²) in [5, 5.41) is 10.1. The molecule has 0 unspecified atom stereocenters. The van der Waals surface area contributed by atoms with Gasteiger partial charge in [-0.05, 0) is 31.2 Å². The second kappa shape index (κ2) is 4.25. The largest absolute Gasteiger partial charge is 0.350 e. The molecule has 3 heteroatoms. The maximum absolute atomic E-state index is 8.98. The van der Waals surface area contributed by atoms with E-state index in [0.717, 1.165) is 27.9 Å². The van der Waals surface area contributed by atoms with Gasteiger partial charge in [-0.1, -0.05) is 12.1 Å². The van der Waals surface area contributed by atoms with Crippen LogP contribution in [-0.4, -0.2) is 9.55 Å². The first-order valence-corrected chi connectivity index (χ1v) is 6.12. The highest BCUT2D eigenvalue weighted by atomic mass is 14.9. The number of rotatable bonds is 1. The van der Waals surface area contributed by atoms with Crippen molar-refractivity contribution in [2.24, 2.45) is 7.05 Å². The summed E-state index contributed by atoms with van der Waals surface area (Å²) in [6.45, 7) is 1.99. The lowest BCUT2D eigenvalue weighted by Crippen LogP contribution is -1.85. The predicted molar refractivity (Wildman–Crippen MR) is 75.6 cm³/mol. The highest BCUT2D eigenvalue weighted by Gasteiger charge is 2.10. The van der Waals surface area contributed by atoms with Crippen LogP contribution in [0.2, 0.25) is 0 Å². The number of nitrogens with zero attached hydrogens (tertiary/aromatic N) is 3. The van der Waals surface area contributed by atoms with Crippen molar-refractivity contribution in [3.63, 3.8) is 0 Å². The molecular weight excluding hydrogens is 234 g/mol. The molecule has 0 atom stereocenters. The van der Waals surface area contributed by atoms with Crippen LogP contribution in [0.5, 0.6) is 0 Å². The van der Waals surface area contributed by atoms with Gasteiger partial charge in [-0.15, -0.1) is 0 Å². The summed E-state index contributed by atoms with van der Waals surface area (Å²) in [4.78, 5) is 4.57. The van der Waals surface area contributed by atoms with Crippen molar-refractivity contribution < 1.29 is 0 Å². The van der Waals surface area contributed by atoms with Crippen molar-refractivity contribution in [3.05, 3.63) is 53.9 Å². The average Bonchev–Trinajstić information content (AvgIpc) is 2.76. The summed E-state index contributed by atoms with van der Waals surface area (Å²) in [6.07, 6.45) is 2.06. The van der Waals surface area contributed by atoms with Gasteiger partial charge >= 0.3 is 0 Å². The van der Waals surface area contributed by atoms with Crippen LogP contribution in [0.4, 0.5) is 0 Å². The number of aryl methyl sites for hydroxylation is 2. The molecule has 0 saturated heterocycles. The predicted octanol–water partition coefficient (Wildman–Crippen LogP) is 3.42. The second-order valence-corrected chi connectivity index (χ2v) is 4.66. The van der Waals surface area contributed by atoms with Gasteiger partial charge in [0, 0.05) is 35.4 Å². The van der Waals surface area contributed by atoms with Crippen LogP contribution < -0.4 is 0 Å². The number of benzene rings is 1. The number of nitriles is 1. The van der Waals surface area contributed by atoms with E-state index >= 15 is 0 Å². The molecule has 0 N–H and O–H groups in total. The first kappa shape index (κ1) is 11.5. The summed E-state index contributed by atoms with van der Waals surface area (Å²) in [5.74, 6) is 0. The van der Waals surface area contributed by atoms with Gasteiger partial charge in [0.1, 0.15) is 0 Å². The van der Waals surface area contributed by atoms with Gasteiger partial charge < -0.3 is 4.57 Å². The zero-order valence-electron chi connectivity index (χ0n) is 10.9. The van der Waals surface area contributed by atoms with Crippen molar-refractivity contribution in [3.8, 4) is 17.3 Å². The Bertz CT molecular complexity index is 806. The van der Waals surface area contributed by atoms with E-state index < -0.39 is 0 Å². The summed E-state index contributed by atoms with van der Waals surface area (Å²) >= 11 is 0. The third-order valence-electron chi connectivity index (χ3n) is 3.28. The molecule has 0 aliphatic heterocycles. The molecule has 0 aliphatic carbocycles. The maximum Gasteiger partial charge on any atom is 0.0992 e. The van der Waals surface area contributed by atoms with Crippen molar-refractivity contribution in [1.82, 2.24) is 9.55 Å². The summed E-state index contributed by atoms with van der Waals surface area (Å²) in [5.41, 5.74) is 4.80. The van der Waals surface area contributed by atoms with E-state index in [1.165, 1.54) is 0 Å². The third kappa shape index (κ3) is 1.88. The Kier molecular flexibility index (Phi) is 2.57. The standard InChI is InChI=1S/C16H13N3/c1-11-4-3-5-15(18-11)14-10-19(2)16-8-12(9-17)6-7-13(14)16/h3-8,10H,1-2H3. The van der Waals surface area contributed by atoms with Crippen molar-refractivity contribution in [2.45, 2.75) is 6.92 Å². The van der Waals surface area contributed by atoms with Gasteiger partial charge in [-0.3, -0.25) is 4.98 Å². The number of fused-ring (bicyclic) bond motifs is 1. The fourth-order valence-electron chi connectivity index (χ4n) is 2.35. The van der Waals surface area contributed by atoms with Crippen LogP contribution in [0.1, 0.15) is 11.3 Å². The lowest BCUT2D eigenvalue weighted by atomic mass is 10.1. The maximum atomic E-state index is 8.98. The smallest absolute Gasteiger partial charge is 0.0992 e. The van der Waals surface area contributed by atoms with E-state index in [1.807, 2.05) is 54.9 Å². The molecule has 0 spiro atoms. The molecule has 0 saturated carbocycles. The van der Waals surface area contributed by atoms with Gasteiger partial charge in [0.2, 0.25) is 0 Å². The van der Waals surface area contributed by atoms with Crippen molar-refractivity contribution >= 4 is 10.9 Å². The Morgan fingerprint density at radius 2 is 2.05 bits per heavy atom. The first-order valence-electron chi connectivity index (χ1n) is 6.12. The SMILES string of the molecule is Cc1cccc(-c2cn(C)c3cc(C#N)ccc23)n1. The van der Waals surface area contributed by atoms with E-state index in [9.17, 15) is 0 Å². The van der Waals surface area contributed by atoms with Crippen LogP contribution in [0, 0.1) is 18.3 Å². The van der Waals surface area contributed by atoms with Crippen LogP contribution in [0.3, 0.4) is 0 Å². The van der Waals surface area contributed by atoms with E-state index in [4.69, 9.17) is 5.26 Å². The van der Waals surface area contributed by atoms with Crippen LogP contribution in [0.15, 0.2) is 42.6 Å². The fourth-order valence-corrected chi connectivity index (χ4v) is 2.35. The second-order valence-electron chi connectivity index (χ2n) is 4.66. The monoisotopic (exact) mass is 247 g/mol. The molecular formula is C16H13N3. The van der Waals surface area contributed by atoms with Gasteiger partial charge in [0.05, 0.1) is 17.3 Å². The summed E-state index contributed by atoms with van der Waals surface area (Å²) in [6, 6.07) is 13.9. The Labute approximate surface area is 111 Å². The van der Waals surface area contributed by atoms with E-state index in [2.05, 4.69) is 17.3 Å². The fraction of sp³-hybridized carbons (Fsp3) is 0.125.